The highest BCUT2D eigenvalue weighted by atomic mass is 32.2. The van der Waals surface area contributed by atoms with Crippen LogP contribution in [0, 0.1) is 5.82 Å². The van der Waals surface area contributed by atoms with E-state index in [1.165, 1.54) is 24.5 Å². The summed E-state index contributed by atoms with van der Waals surface area (Å²) in [4.78, 5) is 20.6. The van der Waals surface area contributed by atoms with E-state index in [1.807, 2.05) is 0 Å². The molecule has 1 amide bonds. The number of rotatable bonds is 6. The van der Waals surface area contributed by atoms with Gasteiger partial charge in [-0.25, -0.2) is 27.2 Å². The summed E-state index contributed by atoms with van der Waals surface area (Å²) >= 11 is 0. The third-order valence-electron chi connectivity index (χ3n) is 5.60. The van der Waals surface area contributed by atoms with Gasteiger partial charge in [0.1, 0.15) is 24.4 Å². The second-order valence-electron chi connectivity index (χ2n) is 8.06. The van der Waals surface area contributed by atoms with Gasteiger partial charge >= 0.3 is 6.18 Å². The number of hydrogen-bond donors (Lipinski definition) is 1. The van der Waals surface area contributed by atoms with Crippen molar-refractivity contribution < 1.29 is 35.2 Å². The van der Waals surface area contributed by atoms with Crippen molar-refractivity contribution in [1.29, 1.82) is 0 Å². The van der Waals surface area contributed by atoms with E-state index in [0.717, 1.165) is 40.7 Å². The van der Waals surface area contributed by atoms with Gasteiger partial charge in [-0.3, -0.25) is 4.79 Å². The number of alkyl halides is 4. The summed E-state index contributed by atoms with van der Waals surface area (Å²) in [6, 6.07) is 8.46. The summed E-state index contributed by atoms with van der Waals surface area (Å²) in [5.41, 5.74) is 0.199. The first kappa shape index (κ1) is 25.6. The van der Waals surface area contributed by atoms with Crippen LogP contribution in [0.1, 0.15) is 17.7 Å². The molecule has 0 spiro atoms. The van der Waals surface area contributed by atoms with Gasteiger partial charge in [-0.1, -0.05) is 12.1 Å². The van der Waals surface area contributed by atoms with Gasteiger partial charge < -0.3 is 5.32 Å². The Balaban J connectivity index is 1.46. The molecule has 2 heterocycles. The first-order chi connectivity index (χ1) is 16.9. The zero-order chi connectivity index (χ0) is 26.1. The van der Waals surface area contributed by atoms with Gasteiger partial charge in [-0.05, 0) is 42.5 Å². The second-order valence-corrected chi connectivity index (χ2v) is 9.96. The van der Waals surface area contributed by atoms with Crippen LogP contribution in [-0.4, -0.2) is 47.4 Å². The molecular formula is C23H19F5N4O3S. The zero-order valence-corrected chi connectivity index (χ0v) is 19.2. The van der Waals surface area contributed by atoms with Crippen LogP contribution in [0.3, 0.4) is 0 Å². The van der Waals surface area contributed by atoms with Gasteiger partial charge in [-0.15, -0.1) is 0 Å². The molecule has 0 unspecified atom stereocenters. The summed E-state index contributed by atoms with van der Waals surface area (Å²) in [6.07, 6.45) is -5.22. The van der Waals surface area contributed by atoms with Crippen molar-refractivity contribution in [2.75, 3.05) is 6.54 Å². The first-order valence-corrected chi connectivity index (χ1v) is 12.1. The fraction of sp³-hybridized carbons (Fsp3) is 0.261. The number of carbonyl (C=O) groups is 1. The highest BCUT2D eigenvalue weighted by Crippen LogP contribution is 2.31. The van der Waals surface area contributed by atoms with Gasteiger partial charge in [0.25, 0.3) is 0 Å². The van der Waals surface area contributed by atoms with Crippen molar-refractivity contribution in [2.45, 2.75) is 36.3 Å². The van der Waals surface area contributed by atoms with Crippen LogP contribution in [0.5, 0.6) is 0 Å². The number of hydrogen-bond acceptors (Lipinski definition) is 5. The zero-order valence-electron chi connectivity index (χ0n) is 18.4. The van der Waals surface area contributed by atoms with E-state index in [-0.39, 0.29) is 17.9 Å². The number of sulfonamides is 1. The predicted octanol–water partition coefficient (Wildman–Crippen LogP) is 3.72. The van der Waals surface area contributed by atoms with Gasteiger partial charge in [0.2, 0.25) is 15.9 Å². The maximum Gasteiger partial charge on any atom is 0.416 e. The number of aromatic nitrogens is 2. The monoisotopic (exact) mass is 526 g/mol. The van der Waals surface area contributed by atoms with E-state index in [1.54, 1.807) is 0 Å². The van der Waals surface area contributed by atoms with Crippen LogP contribution in [0.4, 0.5) is 22.0 Å². The molecule has 0 saturated carbocycles. The molecule has 2 aromatic carbocycles. The van der Waals surface area contributed by atoms with E-state index in [4.69, 9.17) is 0 Å². The van der Waals surface area contributed by atoms with E-state index < -0.39 is 52.2 Å². The Morgan fingerprint density at radius 2 is 1.72 bits per heavy atom. The predicted molar refractivity (Wildman–Crippen MR) is 118 cm³/mol. The molecule has 1 aliphatic heterocycles. The van der Waals surface area contributed by atoms with Crippen LogP contribution < -0.4 is 5.32 Å². The standard InChI is InChI=1S/C23H19F5N4O3S/c24-16-5-7-19(8-6-16)36(34,35)32-12-17(25)9-21(32)22(33)29-11-18-10-20(31-13-30-18)14-1-3-15(4-2-14)23(26,27)28/h1-8,10,13,17,21H,9,11-12H2,(H,29,33)/t17-,21+/m1/s1. The second kappa shape index (κ2) is 9.90. The Bertz CT molecular complexity index is 1350. The van der Waals surface area contributed by atoms with E-state index in [2.05, 4.69) is 15.3 Å². The molecule has 36 heavy (non-hydrogen) atoms. The van der Waals surface area contributed by atoms with Gasteiger partial charge in [-0.2, -0.15) is 17.5 Å². The van der Waals surface area contributed by atoms with Crippen molar-refractivity contribution in [2.24, 2.45) is 0 Å². The van der Waals surface area contributed by atoms with E-state index >= 15 is 0 Å². The van der Waals surface area contributed by atoms with Crippen molar-refractivity contribution >= 4 is 15.9 Å². The normalized spacial score (nSPS) is 18.8. The summed E-state index contributed by atoms with van der Waals surface area (Å²) in [6.45, 7) is -0.684. The number of carbonyl (C=O) groups excluding carboxylic acids is 1. The molecule has 0 bridgehead atoms. The molecule has 0 aliphatic carbocycles. The van der Waals surface area contributed by atoms with Crippen LogP contribution in [0.25, 0.3) is 11.3 Å². The number of amides is 1. The molecule has 190 valence electrons. The molecule has 13 heteroatoms. The van der Waals surface area contributed by atoms with E-state index in [9.17, 15) is 35.2 Å². The molecular weight excluding hydrogens is 507 g/mol. The maximum absolute atomic E-state index is 14.2. The molecule has 1 aliphatic rings. The van der Waals surface area contributed by atoms with Gasteiger partial charge in [0, 0.05) is 18.5 Å². The fourth-order valence-electron chi connectivity index (χ4n) is 3.78. The molecule has 0 radical (unpaired) electrons. The Labute approximate surface area is 203 Å². The summed E-state index contributed by atoms with van der Waals surface area (Å²) in [5.74, 6) is -1.40. The third-order valence-corrected chi connectivity index (χ3v) is 7.49. The lowest BCUT2D eigenvalue weighted by Gasteiger charge is -2.23. The quantitative estimate of drug-likeness (QED) is 0.495. The molecule has 2 atom stereocenters. The van der Waals surface area contributed by atoms with Crippen LogP contribution in [-0.2, 0) is 27.5 Å². The van der Waals surface area contributed by atoms with Gasteiger partial charge in [0.05, 0.1) is 28.4 Å². The average molecular weight is 526 g/mol. The molecule has 7 nitrogen and oxygen atoms in total. The molecule has 3 aromatic rings. The minimum absolute atomic E-state index is 0.160. The highest BCUT2D eigenvalue weighted by molar-refractivity contribution is 7.89. The molecule has 4 rings (SSSR count). The molecule has 1 aromatic heterocycles. The van der Waals surface area contributed by atoms with Crippen molar-refractivity contribution in [1.82, 2.24) is 19.6 Å². The summed E-state index contributed by atoms with van der Waals surface area (Å²) in [5, 5.41) is 2.52. The average Bonchev–Trinajstić information content (AvgIpc) is 3.25. The summed E-state index contributed by atoms with van der Waals surface area (Å²) < 4.78 is 92.3. The summed E-state index contributed by atoms with van der Waals surface area (Å²) in [7, 11) is -4.26. The topological polar surface area (TPSA) is 92.3 Å². The van der Waals surface area contributed by atoms with Crippen molar-refractivity contribution in [3.63, 3.8) is 0 Å². The minimum atomic E-state index is -4.48. The number of nitrogens with zero attached hydrogens (tertiary/aromatic N) is 3. The maximum atomic E-state index is 14.2. The smallest absolute Gasteiger partial charge is 0.349 e. The van der Waals surface area contributed by atoms with Crippen molar-refractivity contribution in [3.8, 4) is 11.3 Å². The lowest BCUT2D eigenvalue weighted by Crippen LogP contribution is -2.45. The Morgan fingerprint density at radius 3 is 2.36 bits per heavy atom. The molecule has 1 saturated heterocycles. The van der Waals surface area contributed by atoms with Crippen LogP contribution >= 0.6 is 0 Å². The van der Waals surface area contributed by atoms with Crippen molar-refractivity contribution in [3.05, 3.63) is 78.0 Å². The first-order valence-electron chi connectivity index (χ1n) is 10.6. The van der Waals surface area contributed by atoms with E-state index in [0.29, 0.717) is 17.0 Å². The third kappa shape index (κ3) is 5.51. The number of benzene rings is 2. The fourth-order valence-corrected chi connectivity index (χ4v) is 5.41. The highest BCUT2D eigenvalue weighted by Gasteiger charge is 2.44. The Kier molecular flexibility index (Phi) is 7.05. The number of nitrogens with one attached hydrogen (secondary N) is 1. The molecule has 1 N–H and O–H groups in total. The largest absolute Gasteiger partial charge is 0.416 e. The lowest BCUT2D eigenvalue weighted by molar-refractivity contribution is -0.137. The Morgan fingerprint density at radius 1 is 1.06 bits per heavy atom. The lowest BCUT2D eigenvalue weighted by atomic mass is 10.1. The van der Waals surface area contributed by atoms with Gasteiger partial charge in [0.15, 0.2) is 0 Å². The SMILES string of the molecule is O=C(NCc1cc(-c2ccc(C(F)(F)F)cc2)ncn1)[C@@H]1C[C@@H](F)CN1S(=O)(=O)c1ccc(F)cc1. The molecule has 1 fully saturated rings. The van der Waals surface area contributed by atoms with Crippen LogP contribution in [0.15, 0.2) is 65.8 Å². The number of halogens is 5. The Hall–Kier alpha value is -3.45. The minimum Gasteiger partial charge on any atom is -0.349 e. The van der Waals surface area contributed by atoms with Crippen LogP contribution in [0.2, 0.25) is 0 Å².